The fourth-order valence-electron chi connectivity index (χ4n) is 1.33. The van der Waals surface area contributed by atoms with Crippen LogP contribution in [0.4, 0.5) is 0 Å². The molecule has 0 atom stereocenters. The quantitative estimate of drug-likeness (QED) is 0.590. The Morgan fingerprint density at radius 3 is 2.44 bits per heavy atom. The summed E-state index contributed by atoms with van der Waals surface area (Å²) in [6.45, 7) is 1.69. The van der Waals surface area contributed by atoms with Crippen LogP contribution in [0.3, 0.4) is 0 Å². The van der Waals surface area contributed by atoms with E-state index in [2.05, 4.69) is 0 Å². The highest BCUT2D eigenvalue weighted by Crippen LogP contribution is 2.17. The molecule has 0 fully saturated rings. The predicted octanol–water partition coefficient (Wildman–Crippen LogP) is 1.50. The maximum atomic E-state index is 11.4. The van der Waals surface area contributed by atoms with Crippen molar-refractivity contribution in [3.8, 4) is 0 Å². The summed E-state index contributed by atoms with van der Waals surface area (Å²) in [4.78, 5) is 22.0. The van der Waals surface area contributed by atoms with E-state index in [1.165, 1.54) is 18.2 Å². The maximum absolute atomic E-state index is 11.4. The van der Waals surface area contributed by atoms with Gasteiger partial charge in [-0.2, -0.15) is 0 Å². The van der Waals surface area contributed by atoms with E-state index in [9.17, 15) is 18.0 Å². The lowest BCUT2D eigenvalue weighted by Gasteiger charge is -2.04. The fourth-order valence-corrected chi connectivity index (χ4v) is 2.22. The average molecular weight is 240 g/mol. The summed E-state index contributed by atoms with van der Waals surface area (Å²) in [6.07, 6.45) is 1.77. The zero-order valence-electron chi connectivity index (χ0n) is 9.06. The van der Waals surface area contributed by atoms with Gasteiger partial charge in [-0.05, 0) is 12.1 Å². The van der Waals surface area contributed by atoms with Gasteiger partial charge in [0.05, 0.1) is 4.90 Å². The summed E-state index contributed by atoms with van der Waals surface area (Å²) in [7, 11) is -3.49. The molecule has 0 unspecified atom stereocenters. The molecule has 1 aromatic carbocycles. The third-order valence-corrected chi connectivity index (χ3v) is 3.34. The van der Waals surface area contributed by atoms with Gasteiger partial charge in [-0.25, -0.2) is 8.42 Å². The number of sulfone groups is 1. The first-order valence-corrected chi connectivity index (χ1v) is 6.61. The number of hydrogen-bond donors (Lipinski definition) is 0. The van der Waals surface area contributed by atoms with Crippen LogP contribution in [0.15, 0.2) is 23.1 Å². The van der Waals surface area contributed by atoms with E-state index in [-0.39, 0.29) is 16.2 Å². The summed E-state index contributed by atoms with van der Waals surface area (Å²) in [5.74, 6) is -0.151. The van der Waals surface area contributed by atoms with Crippen LogP contribution in [0, 0.1) is 0 Å². The minimum atomic E-state index is -3.49. The average Bonchev–Trinajstić information content (AvgIpc) is 2.26. The van der Waals surface area contributed by atoms with E-state index >= 15 is 0 Å². The second kappa shape index (κ2) is 4.57. The van der Waals surface area contributed by atoms with Gasteiger partial charge in [0.15, 0.2) is 21.9 Å². The SMILES string of the molecule is CCC(=O)c1ccc(C=O)c(S(C)(=O)=O)c1. The molecule has 0 spiro atoms. The van der Waals surface area contributed by atoms with Crippen LogP contribution < -0.4 is 0 Å². The Labute approximate surface area is 94.2 Å². The molecule has 0 bridgehead atoms. The van der Waals surface area contributed by atoms with Crippen molar-refractivity contribution in [3.05, 3.63) is 29.3 Å². The molecule has 0 aliphatic rings. The zero-order chi connectivity index (χ0) is 12.3. The van der Waals surface area contributed by atoms with Crippen LogP contribution in [0.25, 0.3) is 0 Å². The van der Waals surface area contributed by atoms with Gasteiger partial charge in [-0.1, -0.05) is 13.0 Å². The van der Waals surface area contributed by atoms with Gasteiger partial charge in [-0.3, -0.25) is 9.59 Å². The van der Waals surface area contributed by atoms with Crippen molar-refractivity contribution in [1.82, 2.24) is 0 Å². The molecule has 0 heterocycles. The molecule has 16 heavy (non-hydrogen) atoms. The van der Waals surface area contributed by atoms with Crippen molar-refractivity contribution in [2.75, 3.05) is 6.26 Å². The molecule has 86 valence electrons. The van der Waals surface area contributed by atoms with Crippen LogP contribution >= 0.6 is 0 Å². The van der Waals surface area contributed by atoms with Crippen molar-refractivity contribution in [1.29, 1.82) is 0 Å². The molecule has 0 amide bonds. The Kier molecular flexibility index (Phi) is 3.59. The molecule has 5 heteroatoms. The topological polar surface area (TPSA) is 68.3 Å². The van der Waals surface area contributed by atoms with Crippen LogP contribution in [0.2, 0.25) is 0 Å². The molecule has 1 aromatic rings. The highest BCUT2D eigenvalue weighted by atomic mass is 32.2. The molecule has 0 aromatic heterocycles. The van der Waals surface area contributed by atoms with E-state index < -0.39 is 9.84 Å². The molecule has 0 radical (unpaired) electrons. The molecule has 0 saturated heterocycles. The lowest BCUT2D eigenvalue weighted by molar-refractivity contribution is 0.0987. The number of aldehydes is 1. The number of benzene rings is 1. The number of hydrogen-bond acceptors (Lipinski definition) is 4. The van der Waals surface area contributed by atoms with Crippen molar-refractivity contribution in [2.45, 2.75) is 18.2 Å². The standard InChI is InChI=1S/C11H12O4S/c1-3-10(13)8-4-5-9(7-12)11(6-8)16(2,14)15/h4-7H,3H2,1-2H3. The van der Waals surface area contributed by atoms with E-state index in [4.69, 9.17) is 0 Å². The first-order chi connectivity index (χ1) is 7.40. The van der Waals surface area contributed by atoms with Crippen molar-refractivity contribution >= 4 is 21.9 Å². The van der Waals surface area contributed by atoms with Crippen molar-refractivity contribution in [2.24, 2.45) is 0 Å². The van der Waals surface area contributed by atoms with Gasteiger partial charge in [0.1, 0.15) is 0 Å². The molecule has 0 aliphatic heterocycles. The number of carbonyl (C=O) groups excluding carboxylic acids is 2. The summed E-state index contributed by atoms with van der Waals surface area (Å²) >= 11 is 0. The Balaban J connectivity index is 3.45. The molecule has 0 saturated carbocycles. The lowest BCUT2D eigenvalue weighted by Crippen LogP contribution is -2.05. The molecule has 0 N–H and O–H groups in total. The molecule has 1 rings (SSSR count). The Morgan fingerprint density at radius 2 is 2.00 bits per heavy atom. The van der Waals surface area contributed by atoms with Gasteiger partial charge in [0, 0.05) is 23.8 Å². The van der Waals surface area contributed by atoms with E-state index in [0.29, 0.717) is 18.3 Å². The second-order valence-electron chi connectivity index (χ2n) is 3.42. The minimum Gasteiger partial charge on any atom is -0.298 e. The third-order valence-electron chi connectivity index (χ3n) is 2.18. The van der Waals surface area contributed by atoms with Crippen molar-refractivity contribution in [3.63, 3.8) is 0 Å². The fraction of sp³-hybridized carbons (Fsp3) is 0.273. The van der Waals surface area contributed by atoms with Crippen LogP contribution in [-0.2, 0) is 9.84 Å². The van der Waals surface area contributed by atoms with Gasteiger partial charge >= 0.3 is 0 Å². The number of ketones is 1. The van der Waals surface area contributed by atoms with Crippen LogP contribution in [0.5, 0.6) is 0 Å². The van der Waals surface area contributed by atoms with E-state index in [0.717, 1.165) is 6.26 Å². The number of rotatable bonds is 4. The molecular formula is C11H12O4S. The first kappa shape index (κ1) is 12.6. The first-order valence-electron chi connectivity index (χ1n) is 4.72. The van der Waals surface area contributed by atoms with Crippen LogP contribution in [0.1, 0.15) is 34.1 Å². The van der Waals surface area contributed by atoms with E-state index in [1.807, 2.05) is 0 Å². The summed E-state index contributed by atoms with van der Waals surface area (Å²) in [6, 6.07) is 4.07. The van der Waals surface area contributed by atoms with Gasteiger partial charge in [0.2, 0.25) is 0 Å². The smallest absolute Gasteiger partial charge is 0.176 e. The van der Waals surface area contributed by atoms with Gasteiger partial charge in [0.25, 0.3) is 0 Å². The largest absolute Gasteiger partial charge is 0.298 e. The summed E-state index contributed by atoms with van der Waals surface area (Å²) < 4.78 is 22.8. The van der Waals surface area contributed by atoms with Gasteiger partial charge in [-0.15, -0.1) is 0 Å². The molecule has 4 nitrogen and oxygen atoms in total. The van der Waals surface area contributed by atoms with Gasteiger partial charge < -0.3 is 0 Å². The summed E-state index contributed by atoms with van der Waals surface area (Å²) in [5.41, 5.74) is 0.392. The van der Waals surface area contributed by atoms with Crippen LogP contribution in [-0.4, -0.2) is 26.7 Å². The Hall–Kier alpha value is -1.49. The normalized spacial score (nSPS) is 11.1. The highest BCUT2D eigenvalue weighted by molar-refractivity contribution is 7.90. The molecular weight excluding hydrogens is 228 g/mol. The monoisotopic (exact) mass is 240 g/mol. The number of carbonyl (C=O) groups is 2. The second-order valence-corrected chi connectivity index (χ2v) is 5.40. The Morgan fingerprint density at radius 1 is 1.38 bits per heavy atom. The maximum Gasteiger partial charge on any atom is 0.176 e. The predicted molar refractivity (Wildman–Crippen MR) is 59.6 cm³/mol. The highest BCUT2D eigenvalue weighted by Gasteiger charge is 2.15. The summed E-state index contributed by atoms with van der Waals surface area (Å²) in [5, 5.41) is 0. The Bertz CT molecular complexity index is 529. The number of Topliss-reactive ketones (excluding diaryl/α,β-unsaturated/α-hetero) is 1. The third kappa shape index (κ3) is 2.55. The van der Waals surface area contributed by atoms with E-state index in [1.54, 1.807) is 6.92 Å². The minimum absolute atomic E-state index is 0.0788. The zero-order valence-corrected chi connectivity index (χ0v) is 9.87. The lowest BCUT2D eigenvalue weighted by atomic mass is 10.1. The van der Waals surface area contributed by atoms with Crippen molar-refractivity contribution < 1.29 is 18.0 Å². The molecule has 0 aliphatic carbocycles.